The van der Waals surface area contributed by atoms with Crippen molar-refractivity contribution < 1.29 is 0 Å². The first kappa shape index (κ1) is 35.4. The Balaban J connectivity index is 1.08. The van der Waals surface area contributed by atoms with Crippen LogP contribution < -0.4 is 0 Å². The lowest BCUT2D eigenvalue weighted by Crippen LogP contribution is -2.02. The normalized spacial score (nSPS) is 11.5. The molecule has 12 aromatic rings. The minimum absolute atomic E-state index is 0.576. The van der Waals surface area contributed by atoms with Gasteiger partial charge in [-0.15, -0.1) is 0 Å². The Kier molecular flexibility index (Phi) is 8.35. The van der Waals surface area contributed by atoms with E-state index < -0.39 is 0 Å². The van der Waals surface area contributed by atoms with Crippen LogP contribution in [0, 0.1) is 0 Å². The molecule has 0 N–H and O–H groups in total. The lowest BCUT2D eigenvalue weighted by molar-refractivity contribution is 1.07. The number of pyridine rings is 3. The van der Waals surface area contributed by atoms with Gasteiger partial charge in [-0.3, -0.25) is 9.13 Å². The summed E-state index contributed by atoms with van der Waals surface area (Å²) >= 11 is 0. The zero-order valence-electron chi connectivity index (χ0n) is 33.3. The molecule has 7 nitrogen and oxygen atoms in total. The third-order valence-corrected chi connectivity index (χ3v) is 11.6. The van der Waals surface area contributed by atoms with Crippen molar-refractivity contribution in [2.24, 2.45) is 0 Å². The molecular formula is C55H35N7. The van der Waals surface area contributed by atoms with Gasteiger partial charge < -0.3 is 0 Å². The molecule has 6 heterocycles. The van der Waals surface area contributed by atoms with E-state index in [2.05, 4.69) is 173 Å². The number of benzene rings is 6. The predicted molar refractivity (Wildman–Crippen MR) is 251 cm³/mol. The second kappa shape index (κ2) is 14.6. The molecule has 0 saturated heterocycles. The topological polar surface area (TPSA) is 74.3 Å². The molecule has 290 valence electrons. The van der Waals surface area contributed by atoms with Crippen molar-refractivity contribution in [2.45, 2.75) is 0 Å². The highest BCUT2D eigenvalue weighted by Gasteiger charge is 2.19. The van der Waals surface area contributed by atoms with Gasteiger partial charge in [0.2, 0.25) is 0 Å². The van der Waals surface area contributed by atoms with Gasteiger partial charge in [0, 0.05) is 38.2 Å². The monoisotopic (exact) mass is 793 g/mol. The summed E-state index contributed by atoms with van der Waals surface area (Å²) in [5.74, 6) is 2.18. The summed E-state index contributed by atoms with van der Waals surface area (Å²) in [5, 5.41) is 4.71. The number of rotatable bonds is 7. The van der Waals surface area contributed by atoms with Gasteiger partial charge in [-0.05, 0) is 66.7 Å². The third kappa shape index (κ3) is 6.02. The van der Waals surface area contributed by atoms with Crippen molar-refractivity contribution in [3.63, 3.8) is 0 Å². The average molecular weight is 794 g/mol. The van der Waals surface area contributed by atoms with Gasteiger partial charge in [0.05, 0.1) is 56.2 Å². The van der Waals surface area contributed by atoms with Crippen molar-refractivity contribution >= 4 is 43.6 Å². The summed E-state index contributed by atoms with van der Waals surface area (Å²) in [5.41, 5.74) is 11.6. The van der Waals surface area contributed by atoms with Crippen molar-refractivity contribution in [3.05, 3.63) is 212 Å². The average Bonchev–Trinajstić information content (AvgIpc) is 3.87. The molecule has 62 heavy (non-hydrogen) atoms. The highest BCUT2D eigenvalue weighted by molar-refractivity contribution is 6.10. The van der Waals surface area contributed by atoms with Crippen LogP contribution in [-0.2, 0) is 0 Å². The van der Waals surface area contributed by atoms with Crippen LogP contribution in [0.4, 0.5) is 0 Å². The SMILES string of the molecule is c1ccc(-c2cc(-c3ccccc3)nc(-c3cc(-c4cccc(-n5c6ccccc6c6ccccc65)n4)nc(-c4cccc(-n5c6ccccc6c6ccccc65)n4)c3)n2)cc1. The molecular weight excluding hydrogens is 759 g/mol. The van der Waals surface area contributed by atoms with Crippen molar-refractivity contribution in [2.75, 3.05) is 0 Å². The fourth-order valence-corrected chi connectivity index (χ4v) is 8.73. The van der Waals surface area contributed by atoms with E-state index in [-0.39, 0.29) is 0 Å². The minimum Gasteiger partial charge on any atom is -0.294 e. The van der Waals surface area contributed by atoms with E-state index in [0.29, 0.717) is 28.6 Å². The molecule has 12 rings (SSSR count). The molecule has 0 spiro atoms. The van der Waals surface area contributed by atoms with Crippen LogP contribution >= 0.6 is 0 Å². The Morgan fingerprint density at radius 2 is 0.613 bits per heavy atom. The van der Waals surface area contributed by atoms with Crippen LogP contribution in [0.15, 0.2) is 212 Å². The maximum atomic E-state index is 5.36. The summed E-state index contributed by atoms with van der Waals surface area (Å²) in [6, 6.07) is 72.9. The van der Waals surface area contributed by atoms with Crippen molar-refractivity contribution in [1.29, 1.82) is 0 Å². The summed E-state index contributed by atoms with van der Waals surface area (Å²) in [6.07, 6.45) is 0. The molecule has 0 atom stereocenters. The fraction of sp³-hybridized carbons (Fsp3) is 0. The first-order valence-corrected chi connectivity index (χ1v) is 20.7. The molecule has 0 amide bonds. The van der Waals surface area contributed by atoms with Crippen LogP contribution in [0.3, 0.4) is 0 Å². The van der Waals surface area contributed by atoms with E-state index in [9.17, 15) is 0 Å². The molecule has 7 heteroatoms. The van der Waals surface area contributed by atoms with Gasteiger partial charge in [-0.25, -0.2) is 24.9 Å². The fourth-order valence-electron chi connectivity index (χ4n) is 8.73. The van der Waals surface area contributed by atoms with Crippen molar-refractivity contribution in [3.8, 4) is 68.3 Å². The summed E-state index contributed by atoms with van der Waals surface area (Å²) < 4.78 is 4.46. The van der Waals surface area contributed by atoms with Crippen LogP contribution in [0.25, 0.3) is 112 Å². The van der Waals surface area contributed by atoms with E-state index in [1.807, 2.05) is 48.5 Å². The molecule has 0 saturated carbocycles. The lowest BCUT2D eigenvalue weighted by Gasteiger charge is -2.13. The Morgan fingerprint density at radius 1 is 0.242 bits per heavy atom. The Morgan fingerprint density at radius 3 is 1.02 bits per heavy atom. The largest absolute Gasteiger partial charge is 0.294 e. The van der Waals surface area contributed by atoms with E-state index in [1.165, 1.54) is 21.5 Å². The van der Waals surface area contributed by atoms with Crippen molar-refractivity contribution in [1.82, 2.24) is 34.1 Å². The standard InChI is InChI=1S/C55H35N7/c1-3-17-36(18-4-1)45-35-46(37-19-5-2-6-20-37)60-55(59-45)38-33-47(43-25-15-31-53(57-43)61-49-27-11-7-21-39(49)40-22-8-12-28-50(40)61)56-48(34-38)44-26-16-32-54(58-44)62-51-29-13-9-23-41(51)42-24-10-14-30-52(42)62/h1-35H. The molecule has 6 aromatic heterocycles. The molecule has 0 fully saturated rings. The predicted octanol–water partition coefficient (Wildman–Crippen LogP) is 13.2. The summed E-state index contributed by atoms with van der Waals surface area (Å²) in [7, 11) is 0. The quantitative estimate of drug-likeness (QED) is 0.161. The number of hydrogen-bond donors (Lipinski definition) is 0. The number of fused-ring (bicyclic) bond motifs is 6. The molecule has 6 aromatic carbocycles. The second-order valence-corrected chi connectivity index (χ2v) is 15.3. The lowest BCUT2D eigenvalue weighted by atomic mass is 10.1. The highest BCUT2D eigenvalue weighted by atomic mass is 15.1. The molecule has 0 aliphatic rings. The van der Waals surface area contributed by atoms with E-state index in [0.717, 1.165) is 61.8 Å². The number of nitrogens with zero attached hydrogens (tertiary/aromatic N) is 7. The van der Waals surface area contributed by atoms with Crippen LogP contribution in [0.2, 0.25) is 0 Å². The van der Waals surface area contributed by atoms with Crippen LogP contribution in [0.5, 0.6) is 0 Å². The van der Waals surface area contributed by atoms with Gasteiger partial charge in [0.1, 0.15) is 11.6 Å². The first-order valence-electron chi connectivity index (χ1n) is 20.7. The van der Waals surface area contributed by atoms with E-state index in [4.69, 9.17) is 24.9 Å². The molecule has 0 radical (unpaired) electrons. The maximum Gasteiger partial charge on any atom is 0.160 e. The van der Waals surface area contributed by atoms with E-state index in [1.54, 1.807) is 0 Å². The zero-order valence-corrected chi connectivity index (χ0v) is 33.3. The van der Waals surface area contributed by atoms with Crippen LogP contribution in [0.1, 0.15) is 0 Å². The number of hydrogen-bond acceptors (Lipinski definition) is 5. The van der Waals surface area contributed by atoms with Gasteiger partial charge in [-0.2, -0.15) is 0 Å². The number of aromatic nitrogens is 7. The second-order valence-electron chi connectivity index (χ2n) is 15.3. The maximum absolute atomic E-state index is 5.36. The molecule has 0 aliphatic heterocycles. The molecule has 0 unspecified atom stereocenters. The van der Waals surface area contributed by atoms with Gasteiger partial charge >= 0.3 is 0 Å². The number of para-hydroxylation sites is 4. The first-order chi connectivity index (χ1) is 30.7. The highest BCUT2D eigenvalue weighted by Crippen LogP contribution is 2.36. The smallest absolute Gasteiger partial charge is 0.160 e. The Bertz CT molecular complexity index is 3310. The zero-order chi connectivity index (χ0) is 41.0. The van der Waals surface area contributed by atoms with E-state index >= 15 is 0 Å². The van der Waals surface area contributed by atoms with Crippen LogP contribution in [-0.4, -0.2) is 34.1 Å². The van der Waals surface area contributed by atoms with Gasteiger partial charge in [-0.1, -0.05) is 146 Å². The summed E-state index contributed by atoms with van der Waals surface area (Å²) in [6.45, 7) is 0. The Hall–Kier alpha value is -8.55. The molecule has 0 bridgehead atoms. The Labute approximate surface area is 356 Å². The van der Waals surface area contributed by atoms with Gasteiger partial charge in [0.25, 0.3) is 0 Å². The minimum atomic E-state index is 0.576. The third-order valence-electron chi connectivity index (χ3n) is 11.6. The summed E-state index contributed by atoms with van der Waals surface area (Å²) in [4.78, 5) is 26.5. The molecule has 0 aliphatic carbocycles. The van der Waals surface area contributed by atoms with Gasteiger partial charge in [0.15, 0.2) is 5.82 Å².